The summed E-state index contributed by atoms with van der Waals surface area (Å²) in [5.41, 5.74) is 3.14. The number of carbonyl (C=O) groups is 1. The summed E-state index contributed by atoms with van der Waals surface area (Å²) in [6.45, 7) is 1.71. The van der Waals surface area contributed by atoms with Gasteiger partial charge in [0.2, 0.25) is 0 Å². The smallest absolute Gasteiger partial charge is 0.265 e. The van der Waals surface area contributed by atoms with Crippen LogP contribution in [0.1, 0.15) is 16.2 Å². The van der Waals surface area contributed by atoms with Crippen molar-refractivity contribution >= 4 is 22.5 Å². The Morgan fingerprint density at radius 2 is 1.53 bits per heavy atom. The van der Waals surface area contributed by atoms with Crippen LogP contribution >= 0.6 is 0 Å². The van der Waals surface area contributed by atoms with E-state index in [1.54, 1.807) is 37.3 Å². The van der Waals surface area contributed by atoms with Gasteiger partial charge >= 0.3 is 0 Å². The van der Waals surface area contributed by atoms with Crippen LogP contribution in [-0.4, -0.2) is 15.5 Å². The molecule has 0 unspecified atom stereocenters. The Labute approximate surface area is 195 Å². The molecule has 166 valence electrons. The molecule has 0 saturated heterocycles. The topological polar surface area (TPSA) is 64.0 Å². The van der Waals surface area contributed by atoms with Gasteiger partial charge in [-0.15, -0.1) is 0 Å². The molecule has 1 aromatic heterocycles. The number of fused-ring (bicyclic) bond motifs is 1. The highest BCUT2D eigenvalue weighted by Crippen LogP contribution is 2.22. The summed E-state index contributed by atoms with van der Waals surface area (Å²) in [5, 5.41) is 3.08. The van der Waals surface area contributed by atoms with E-state index in [0.717, 1.165) is 11.1 Å². The van der Waals surface area contributed by atoms with Gasteiger partial charge in [0.1, 0.15) is 11.6 Å². The van der Waals surface area contributed by atoms with Gasteiger partial charge in [-0.3, -0.25) is 14.2 Å². The lowest BCUT2D eigenvalue weighted by Gasteiger charge is -2.13. The molecule has 0 bridgehead atoms. The van der Waals surface area contributed by atoms with E-state index >= 15 is 0 Å². The van der Waals surface area contributed by atoms with Crippen LogP contribution in [0.15, 0.2) is 102 Å². The maximum atomic E-state index is 14.6. The lowest BCUT2D eigenvalue weighted by atomic mass is 10.0. The van der Waals surface area contributed by atoms with Gasteiger partial charge in [-0.05, 0) is 60.5 Å². The Kier molecular flexibility index (Phi) is 5.47. The maximum Gasteiger partial charge on any atom is 0.265 e. The number of benzene rings is 4. The molecular weight excluding hydrogens is 429 g/mol. The molecule has 1 heterocycles. The van der Waals surface area contributed by atoms with Crippen LogP contribution in [0.5, 0.6) is 0 Å². The highest BCUT2D eigenvalue weighted by molar-refractivity contribution is 6.04. The van der Waals surface area contributed by atoms with E-state index in [2.05, 4.69) is 10.3 Å². The van der Waals surface area contributed by atoms with Crippen molar-refractivity contribution in [3.05, 3.63) is 125 Å². The molecule has 0 fully saturated rings. The molecule has 5 nitrogen and oxygen atoms in total. The Hall–Kier alpha value is -4.58. The van der Waals surface area contributed by atoms with Gasteiger partial charge < -0.3 is 5.32 Å². The minimum absolute atomic E-state index is 0.0194. The van der Waals surface area contributed by atoms with Crippen LogP contribution in [-0.2, 0) is 0 Å². The number of hydrogen-bond acceptors (Lipinski definition) is 3. The first kappa shape index (κ1) is 21.3. The molecule has 0 aliphatic heterocycles. The molecule has 0 saturated carbocycles. The van der Waals surface area contributed by atoms with Crippen molar-refractivity contribution in [1.82, 2.24) is 9.55 Å². The Morgan fingerprint density at radius 3 is 2.29 bits per heavy atom. The summed E-state index contributed by atoms with van der Waals surface area (Å²) in [6, 6.07) is 28.1. The fraction of sp³-hybridized carbons (Fsp3) is 0.0357. The molecule has 4 aromatic carbocycles. The third-order valence-electron chi connectivity index (χ3n) is 5.65. The number of aryl methyl sites for hydroxylation is 1. The zero-order valence-corrected chi connectivity index (χ0v) is 18.3. The number of amides is 1. The van der Waals surface area contributed by atoms with Gasteiger partial charge in [-0.25, -0.2) is 9.37 Å². The first-order valence-corrected chi connectivity index (χ1v) is 10.8. The zero-order valence-electron chi connectivity index (χ0n) is 18.3. The van der Waals surface area contributed by atoms with Crippen molar-refractivity contribution in [3.63, 3.8) is 0 Å². The van der Waals surface area contributed by atoms with E-state index in [1.807, 2.05) is 48.5 Å². The fourth-order valence-electron chi connectivity index (χ4n) is 3.94. The lowest BCUT2D eigenvalue weighted by molar-refractivity contribution is 0.102. The number of anilines is 1. The molecule has 0 aliphatic carbocycles. The number of carbonyl (C=O) groups excluding carboxylic acids is 1. The van der Waals surface area contributed by atoms with E-state index in [4.69, 9.17) is 0 Å². The standard InChI is InChI=1S/C28H20FN3O2/c1-18-30-25-10-6-5-9-23(25)28(34)32(18)22-15-16-24(29)26(17-22)31-27(33)21-13-11-20(12-14-21)19-7-3-2-4-8-19/h2-17H,1H3,(H,31,33). The van der Waals surface area contributed by atoms with Crippen LogP contribution < -0.4 is 10.9 Å². The fourth-order valence-corrected chi connectivity index (χ4v) is 3.94. The molecule has 5 rings (SSSR count). The predicted molar refractivity (Wildman–Crippen MR) is 132 cm³/mol. The summed E-state index contributed by atoms with van der Waals surface area (Å²) in [5.74, 6) is -0.585. The number of nitrogens with one attached hydrogen (secondary N) is 1. The molecule has 1 amide bonds. The summed E-state index contributed by atoms with van der Waals surface area (Å²) in [6.07, 6.45) is 0. The quantitative estimate of drug-likeness (QED) is 0.380. The average Bonchev–Trinajstić information content (AvgIpc) is 2.86. The van der Waals surface area contributed by atoms with Crippen LogP contribution in [0.3, 0.4) is 0 Å². The minimum atomic E-state index is -0.600. The van der Waals surface area contributed by atoms with Gasteiger partial charge in [-0.2, -0.15) is 0 Å². The second-order valence-electron chi connectivity index (χ2n) is 7.88. The minimum Gasteiger partial charge on any atom is -0.319 e. The number of halogens is 1. The van der Waals surface area contributed by atoms with Crippen molar-refractivity contribution in [2.45, 2.75) is 6.92 Å². The van der Waals surface area contributed by atoms with Gasteiger partial charge in [-0.1, -0.05) is 54.6 Å². The zero-order chi connectivity index (χ0) is 23.7. The molecular formula is C28H20FN3O2. The molecule has 6 heteroatoms. The monoisotopic (exact) mass is 449 g/mol. The summed E-state index contributed by atoms with van der Waals surface area (Å²) in [7, 11) is 0. The molecule has 34 heavy (non-hydrogen) atoms. The van der Waals surface area contributed by atoms with E-state index in [-0.39, 0.29) is 11.2 Å². The molecule has 0 spiro atoms. The van der Waals surface area contributed by atoms with Crippen molar-refractivity contribution in [2.75, 3.05) is 5.32 Å². The highest BCUT2D eigenvalue weighted by Gasteiger charge is 2.14. The number of hydrogen-bond donors (Lipinski definition) is 1. The van der Waals surface area contributed by atoms with Crippen LogP contribution in [0, 0.1) is 12.7 Å². The molecule has 0 radical (unpaired) electrons. The Balaban J connectivity index is 1.46. The third-order valence-corrected chi connectivity index (χ3v) is 5.65. The maximum absolute atomic E-state index is 14.6. The van der Waals surface area contributed by atoms with Crippen molar-refractivity contribution < 1.29 is 9.18 Å². The predicted octanol–water partition coefficient (Wildman–Crippen LogP) is 5.75. The van der Waals surface area contributed by atoms with E-state index < -0.39 is 11.7 Å². The van der Waals surface area contributed by atoms with Crippen molar-refractivity contribution in [3.8, 4) is 16.8 Å². The summed E-state index contributed by atoms with van der Waals surface area (Å²) >= 11 is 0. The second-order valence-corrected chi connectivity index (χ2v) is 7.88. The molecule has 1 N–H and O–H groups in total. The van der Waals surface area contributed by atoms with Gasteiger partial charge in [0.15, 0.2) is 0 Å². The first-order chi connectivity index (χ1) is 16.5. The summed E-state index contributed by atoms with van der Waals surface area (Å²) in [4.78, 5) is 30.4. The van der Waals surface area contributed by atoms with Crippen molar-refractivity contribution in [1.29, 1.82) is 0 Å². The van der Waals surface area contributed by atoms with Crippen LogP contribution in [0.4, 0.5) is 10.1 Å². The summed E-state index contributed by atoms with van der Waals surface area (Å²) < 4.78 is 16.0. The average molecular weight is 449 g/mol. The molecule has 0 atom stereocenters. The number of rotatable bonds is 4. The highest BCUT2D eigenvalue weighted by atomic mass is 19.1. The number of para-hydroxylation sites is 1. The van der Waals surface area contributed by atoms with Gasteiger partial charge in [0, 0.05) is 5.56 Å². The molecule has 5 aromatic rings. The second kappa shape index (κ2) is 8.75. The van der Waals surface area contributed by atoms with Crippen LogP contribution in [0.25, 0.3) is 27.7 Å². The number of aromatic nitrogens is 2. The van der Waals surface area contributed by atoms with E-state index in [1.165, 1.54) is 22.8 Å². The van der Waals surface area contributed by atoms with Gasteiger partial charge in [0.05, 0.1) is 22.3 Å². The third kappa shape index (κ3) is 3.97. The lowest BCUT2D eigenvalue weighted by Crippen LogP contribution is -2.22. The normalized spacial score (nSPS) is 10.9. The largest absolute Gasteiger partial charge is 0.319 e. The molecule has 0 aliphatic rings. The Bertz CT molecular complexity index is 1580. The van der Waals surface area contributed by atoms with Crippen LogP contribution in [0.2, 0.25) is 0 Å². The van der Waals surface area contributed by atoms with E-state index in [9.17, 15) is 14.0 Å². The van der Waals surface area contributed by atoms with Gasteiger partial charge in [0.25, 0.3) is 11.5 Å². The van der Waals surface area contributed by atoms with Crippen molar-refractivity contribution in [2.24, 2.45) is 0 Å². The Morgan fingerprint density at radius 1 is 0.853 bits per heavy atom. The SMILES string of the molecule is Cc1nc2ccccc2c(=O)n1-c1ccc(F)c(NC(=O)c2ccc(-c3ccccc3)cc2)c1. The number of nitrogens with zero attached hydrogens (tertiary/aromatic N) is 2. The first-order valence-electron chi connectivity index (χ1n) is 10.8. The van der Waals surface area contributed by atoms with E-state index in [0.29, 0.717) is 28.0 Å².